The number of fused-ring (bicyclic) bond motifs is 2. The molecule has 3 nitrogen and oxygen atoms in total. The van der Waals surface area contributed by atoms with E-state index in [1.54, 1.807) is 30.3 Å². The number of hydrogen-bond donors (Lipinski definition) is 0. The summed E-state index contributed by atoms with van der Waals surface area (Å²) < 4.78 is 31.2. The van der Waals surface area contributed by atoms with E-state index in [1.165, 1.54) is 0 Å². The lowest BCUT2D eigenvalue weighted by Gasteiger charge is -2.11. The molecule has 0 N–H and O–H groups in total. The van der Waals surface area contributed by atoms with Gasteiger partial charge in [-0.15, -0.1) is 0 Å². The molecule has 1 aromatic carbocycles. The Morgan fingerprint density at radius 3 is 2.28 bits per heavy atom. The van der Waals surface area contributed by atoms with Gasteiger partial charge in [0.1, 0.15) is 12.2 Å². The molecule has 0 saturated heterocycles. The molecule has 18 heavy (non-hydrogen) atoms. The van der Waals surface area contributed by atoms with Crippen LogP contribution in [0.1, 0.15) is 5.56 Å². The lowest BCUT2D eigenvalue weighted by atomic mass is 10.2. The monoisotopic (exact) mass is 326 g/mol. The summed E-state index contributed by atoms with van der Waals surface area (Å²) in [5.41, 5.74) is 1.03. The summed E-state index contributed by atoms with van der Waals surface area (Å²) in [5, 5.41) is 0. The molecule has 3 rings (SSSR count). The highest BCUT2D eigenvalue weighted by atomic mass is 79.9. The Morgan fingerprint density at radius 2 is 1.72 bits per heavy atom. The second-order valence-corrected chi connectivity index (χ2v) is 7.16. The molecule has 2 aliphatic rings. The molecule has 0 aromatic heterocycles. The Balaban J connectivity index is 2.09. The first-order valence-corrected chi connectivity index (χ1v) is 7.83. The van der Waals surface area contributed by atoms with Gasteiger partial charge in [0.2, 0.25) is 9.84 Å². The first kappa shape index (κ1) is 12.1. The number of rotatable bonds is 2. The largest absolute Gasteiger partial charge is 0.356 e. The number of sulfone groups is 1. The number of benzene rings is 1. The molecule has 0 radical (unpaired) electrons. The zero-order valence-electron chi connectivity index (χ0n) is 9.63. The van der Waals surface area contributed by atoms with Gasteiger partial charge in [0, 0.05) is 4.48 Å². The van der Waals surface area contributed by atoms with Crippen molar-refractivity contribution in [3.63, 3.8) is 0 Å². The highest BCUT2D eigenvalue weighted by Crippen LogP contribution is 2.42. The fourth-order valence-electron chi connectivity index (χ4n) is 2.15. The first-order valence-electron chi connectivity index (χ1n) is 5.55. The SMILES string of the molecule is Cc1ccc(S(=O)(=O)C2=C(Br)[C@H]3C=C[C@@H]2O3)cc1. The third-order valence-corrected chi connectivity index (χ3v) is 6.18. The normalized spacial score (nSPS) is 26.1. The molecule has 0 aliphatic carbocycles. The van der Waals surface area contributed by atoms with Gasteiger partial charge in [-0.25, -0.2) is 8.42 Å². The molecular formula is C13H11BrO3S. The van der Waals surface area contributed by atoms with Crippen LogP contribution in [0.4, 0.5) is 0 Å². The summed E-state index contributed by atoms with van der Waals surface area (Å²) in [6.07, 6.45) is 2.96. The number of halogens is 1. The molecule has 0 spiro atoms. The number of aryl methyl sites for hydroxylation is 1. The predicted octanol–water partition coefficient (Wildman–Crippen LogP) is 2.71. The lowest BCUT2D eigenvalue weighted by molar-refractivity contribution is 0.133. The van der Waals surface area contributed by atoms with Gasteiger partial charge in [0.05, 0.1) is 9.80 Å². The maximum absolute atomic E-state index is 12.5. The minimum atomic E-state index is -3.48. The predicted molar refractivity (Wildman–Crippen MR) is 72.1 cm³/mol. The van der Waals surface area contributed by atoms with E-state index in [0.29, 0.717) is 14.3 Å². The van der Waals surface area contributed by atoms with Crippen LogP contribution in [0.2, 0.25) is 0 Å². The molecule has 2 heterocycles. The van der Waals surface area contributed by atoms with Crippen molar-refractivity contribution in [3.8, 4) is 0 Å². The van der Waals surface area contributed by atoms with Crippen molar-refractivity contribution in [2.45, 2.75) is 24.0 Å². The Bertz CT molecular complexity index is 656. The fraction of sp³-hybridized carbons (Fsp3) is 0.231. The van der Waals surface area contributed by atoms with Crippen molar-refractivity contribution in [1.29, 1.82) is 0 Å². The maximum Gasteiger partial charge on any atom is 0.206 e. The van der Waals surface area contributed by atoms with E-state index in [9.17, 15) is 8.42 Å². The van der Waals surface area contributed by atoms with E-state index in [1.807, 2.05) is 13.0 Å². The Kier molecular flexibility index (Phi) is 2.73. The van der Waals surface area contributed by atoms with Crippen LogP contribution in [-0.4, -0.2) is 20.6 Å². The average molecular weight is 327 g/mol. The fourth-order valence-corrected chi connectivity index (χ4v) is 4.83. The van der Waals surface area contributed by atoms with Crippen LogP contribution in [0.5, 0.6) is 0 Å². The zero-order valence-corrected chi connectivity index (χ0v) is 12.0. The quantitative estimate of drug-likeness (QED) is 0.785. The van der Waals surface area contributed by atoms with Crippen LogP contribution < -0.4 is 0 Å². The molecule has 94 valence electrons. The Hall–Kier alpha value is -0.910. The summed E-state index contributed by atoms with van der Waals surface area (Å²) in [5.74, 6) is 0. The van der Waals surface area contributed by atoms with Crippen molar-refractivity contribution < 1.29 is 13.2 Å². The van der Waals surface area contributed by atoms with Gasteiger partial charge in [0.15, 0.2) is 0 Å². The van der Waals surface area contributed by atoms with Crippen molar-refractivity contribution >= 4 is 25.8 Å². The van der Waals surface area contributed by atoms with E-state index < -0.39 is 15.9 Å². The zero-order chi connectivity index (χ0) is 12.9. The van der Waals surface area contributed by atoms with Crippen molar-refractivity contribution in [3.05, 3.63) is 51.4 Å². The van der Waals surface area contributed by atoms with E-state index in [2.05, 4.69) is 15.9 Å². The lowest BCUT2D eigenvalue weighted by Crippen LogP contribution is -2.14. The van der Waals surface area contributed by atoms with E-state index in [4.69, 9.17) is 4.74 Å². The summed E-state index contributed by atoms with van der Waals surface area (Å²) in [6.45, 7) is 1.93. The van der Waals surface area contributed by atoms with Gasteiger partial charge in [-0.1, -0.05) is 45.8 Å². The van der Waals surface area contributed by atoms with E-state index >= 15 is 0 Å². The van der Waals surface area contributed by atoms with Gasteiger partial charge < -0.3 is 4.74 Å². The van der Waals surface area contributed by atoms with Crippen LogP contribution >= 0.6 is 15.9 Å². The molecule has 2 aliphatic heterocycles. The summed E-state index contributed by atoms with van der Waals surface area (Å²) in [6, 6.07) is 6.86. The standard InChI is InChI=1S/C13H11BrO3S/c1-8-2-4-9(5-3-8)18(15,16)13-11-7-6-10(17-11)12(13)14/h2-7,10-11H,1H3/t10-,11+/m1/s1. The summed E-state index contributed by atoms with van der Waals surface area (Å²) in [7, 11) is -3.48. The molecule has 2 bridgehead atoms. The smallest absolute Gasteiger partial charge is 0.206 e. The van der Waals surface area contributed by atoms with E-state index in [0.717, 1.165) is 5.56 Å². The molecule has 0 saturated carbocycles. The second kappa shape index (κ2) is 4.05. The minimum Gasteiger partial charge on any atom is -0.356 e. The Morgan fingerprint density at radius 1 is 1.11 bits per heavy atom. The van der Waals surface area contributed by atoms with Crippen LogP contribution in [-0.2, 0) is 14.6 Å². The summed E-state index contributed by atoms with van der Waals surface area (Å²) >= 11 is 3.33. The molecule has 0 unspecified atom stereocenters. The topological polar surface area (TPSA) is 43.4 Å². The highest BCUT2D eigenvalue weighted by molar-refractivity contribution is 9.11. The van der Waals surface area contributed by atoms with Crippen LogP contribution in [0.3, 0.4) is 0 Å². The first-order chi connectivity index (χ1) is 8.50. The highest BCUT2D eigenvalue weighted by Gasteiger charge is 2.42. The Labute approximate surface area is 114 Å². The number of ether oxygens (including phenoxy) is 1. The molecule has 1 aromatic rings. The number of hydrogen-bond acceptors (Lipinski definition) is 3. The molecule has 0 amide bonds. The van der Waals surface area contributed by atoms with Crippen molar-refractivity contribution in [2.24, 2.45) is 0 Å². The second-order valence-electron chi connectivity index (χ2n) is 4.39. The average Bonchev–Trinajstić information content (AvgIpc) is 2.89. The molecule has 2 atom stereocenters. The van der Waals surface area contributed by atoms with Gasteiger partial charge >= 0.3 is 0 Å². The minimum absolute atomic E-state index is 0.245. The van der Waals surface area contributed by atoms with Gasteiger partial charge in [-0.2, -0.15) is 0 Å². The summed E-state index contributed by atoms with van der Waals surface area (Å²) in [4.78, 5) is 0.642. The van der Waals surface area contributed by atoms with E-state index in [-0.39, 0.29) is 6.10 Å². The third kappa shape index (κ3) is 1.69. The van der Waals surface area contributed by atoms with Crippen LogP contribution in [0.25, 0.3) is 0 Å². The third-order valence-electron chi connectivity index (χ3n) is 3.12. The van der Waals surface area contributed by atoms with Gasteiger partial charge in [0.25, 0.3) is 0 Å². The van der Waals surface area contributed by atoms with Crippen LogP contribution in [0, 0.1) is 6.92 Å². The van der Waals surface area contributed by atoms with Crippen molar-refractivity contribution in [1.82, 2.24) is 0 Å². The van der Waals surface area contributed by atoms with Gasteiger partial charge in [-0.05, 0) is 19.1 Å². The molecule has 0 fully saturated rings. The molecule has 5 heteroatoms. The maximum atomic E-state index is 12.5. The molecular weight excluding hydrogens is 316 g/mol. The van der Waals surface area contributed by atoms with Crippen LogP contribution in [0.15, 0.2) is 50.7 Å². The van der Waals surface area contributed by atoms with Gasteiger partial charge in [-0.3, -0.25) is 0 Å². The van der Waals surface area contributed by atoms with Crippen molar-refractivity contribution in [2.75, 3.05) is 0 Å².